The molecule has 0 spiro atoms. The summed E-state index contributed by atoms with van der Waals surface area (Å²) >= 11 is 0. The van der Waals surface area contributed by atoms with Crippen molar-refractivity contribution in [3.63, 3.8) is 0 Å². The van der Waals surface area contributed by atoms with Gasteiger partial charge in [0.05, 0.1) is 10.6 Å². The number of nitrogens with one attached hydrogen (secondary N) is 1. The molecule has 0 aromatic heterocycles. The van der Waals surface area contributed by atoms with Gasteiger partial charge in [-0.15, -0.1) is 0 Å². The highest BCUT2D eigenvalue weighted by Gasteiger charge is 2.24. The number of hydrogen-bond donors (Lipinski definition) is 1. The summed E-state index contributed by atoms with van der Waals surface area (Å²) in [5.41, 5.74) is 0.556. The Kier molecular flexibility index (Phi) is 5.58. The van der Waals surface area contributed by atoms with Crippen LogP contribution in [0.3, 0.4) is 0 Å². The van der Waals surface area contributed by atoms with E-state index < -0.39 is 9.84 Å². The van der Waals surface area contributed by atoms with E-state index >= 15 is 0 Å². The summed E-state index contributed by atoms with van der Waals surface area (Å²) in [6.45, 7) is 4.06. The smallest absolute Gasteiger partial charge is 0.253 e. The van der Waals surface area contributed by atoms with Gasteiger partial charge in [0.2, 0.25) is 0 Å². The highest BCUT2D eigenvalue weighted by Crippen LogP contribution is 2.19. The fourth-order valence-corrected chi connectivity index (χ4v) is 3.74. The monoisotopic (exact) mass is 324 g/mol. The molecular weight excluding hydrogens is 300 g/mol. The van der Waals surface area contributed by atoms with Crippen LogP contribution in [0.5, 0.6) is 0 Å². The van der Waals surface area contributed by atoms with Gasteiger partial charge in [-0.05, 0) is 56.6 Å². The number of carbonyl (C=O) groups excluding carboxylic acids is 1. The third-order valence-corrected chi connectivity index (χ3v) is 5.89. The molecule has 0 aliphatic carbocycles. The highest BCUT2D eigenvalue weighted by atomic mass is 32.2. The molecule has 6 heteroatoms. The Morgan fingerprint density at radius 1 is 1.32 bits per heavy atom. The summed E-state index contributed by atoms with van der Waals surface area (Å²) in [5, 5.41) is 3.16. The van der Waals surface area contributed by atoms with Gasteiger partial charge in [0.15, 0.2) is 9.84 Å². The quantitative estimate of drug-likeness (QED) is 0.892. The standard InChI is InChI=1S/C16H24N2O3S/c1-3-22(20,21)15-8-6-14(7-9-15)16(19)18-10-4-5-13(12-18)11-17-2/h6-9,13,17H,3-5,10-12H2,1-2H3/t13-/m1/s1. The number of hydrogen-bond acceptors (Lipinski definition) is 4. The predicted molar refractivity (Wildman–Crippen MR) is 86.7 cm³/mol. The Labute approximate surface area is 132 Å². The van der Waals surface area contributed by atoms with Crippen molar-refractivity contribution in [2.24, 2.45) is 5.92 Å². The minimum atomic E-state index is -3.21. The second kappa shape index (κ2) is 7.24. The Hall–Kier alpha value is -1.40. The first-order valence-electron chi connectivity index (χ1n) is 7.74. The van der Waals surface area contributed by atoms with Gasteiger partial charge in [-0.1, -0.05) is 6.92 Å². The summed E-state index contributed by atoms with van der Waals surface area (Å²) in [4.78, 5) is 14.7. The molecule has 0 saturated carbocycles. The molecule has 1 amide bonds. The molecule has 0 bridgehead atoms. The van der Waals surface area contributed by atoms with E-state index in [1.807, 2.05) is 11.9 Å². The van der Waals surface area contributed by atoms with Crippen molar-refractivity contribution in [1.82, 2.24) is 10.2 Å². The molecule has 0 radical (unpaired) electrons. The van der Waals surface area contributed by atoms with Crippen molar-refractivity contribution in [2.75, 3.05) is 32.4 Å². The fraction of sp³-hybridized carbons (Fsp3) is 0.562. The van der Waals surface area contributed by atoms with Crippen molar-refractivity contribution < 1.29 is 13.2 Å². The lowest BCUT2D eigenvalue weighted by Gasteiger charge is -2.32. The van der Waals surface area contributed by atoms with E-state index in [1.165, 1.54) is 12.1 Å². The van der Waals surface area contributed by atoms with Gasteiger partial charge < -0.3 is 10.2 Å². The molecule has 5 nitrogen and oxygen atoms in total. The van der Waals surface area contributed by atoms with Gasteiger partial charge in [-0.25, -0.2) is 8.42 Å². The minimum absolute atomic E-state index is 0.0127. The van der Waals surface area contributed by atoms with Crippen LogP contribution in [0, 0.1) is 5.92 Å². The third-order valence-electron chi connectivity index (χ3n) is 4.14. The molecule has 2 rings (SSSR count). The molecule has 1 aromatic carbocycles. The normalized spacial score (nSPS) is 19.2. The summed E-state index contributed by atoms with van der Waals surface area (Å²) in [6, 6.07) is 6.29. The Morgan fingerprint density at radius 2 is 2.00 bits per heavy atom. The van der Waals surface area contributed by atoms with Gasteiger partial charge in [0, 0.05) is 18.7 Å². The van der Waals surface area contributed by atoms with E-state index in [9.17, 15) is 13.2 Å². The van der Waals surface area contributed by atoms with Crippen molar-refractivity contribution in [3.8, 4) is 0 Å². The van der Waals surface area contributed by atoms with Crippen LogP contribution in [0.2, 0.25) is 0 Å². The summed E-state index contributed by atoms with van der Waals surface area (Å²) in [6.07, 6.45) is 2.15. The molecule has 1 N–H and O–H groups in total. The zero-order valence-corrected chi connectivity index (χ0v) is 14.0. The van der Waals surface area contributed by atoms with Gasteiger partial charge in [-0.2, -0.15) is 0 Å². The van der Waals surface area contributed by atoms with Crippen molar-refractivity contribution in [2.45, 2.75) is 24.7 Å². The van der Waals surface area contributed by atoms with Crippen molar-refractivity contribution in [1.29, 1.82) is 0 Å². The Morgan fingerprint density at radius 3 is 2.59 bits per heavy atom. The third kappa shape index (κ3) is 3.87. The molecule has 1 aromatic rings. The number of rotatable bonds is 5. The molecule has 1 atom stereocenters. The number of amides is 1. The maximum absolute atomic E-state index is 12.5. The topological polar surface area (TPSA) is 66.5 Å². The first-order valence-corrected chi connectivity index (χ1v) is 9.40. The van der Waals surface area contributed by atoms with E-state index in [4.69, 9.17) is 0 Å². The van der Waals surface area contributed by atoms with Crippen LogP contribution in [-0.4, -0.2) is 51.7 Å². The molecule has 1 heterocycles. The largest absolute Gasteiger partial charge is 0.338 e. The van der Waals surface area contributed by atoms with E-state index in [-0.39, 0.29) is 16.6 Å². The van der Waals surface area contributed by atoms with Gasteiger partial charge in [-0.3, -0.25) is 4.79 Å². The number of nitrogens with zero attached hydrogens (tertiary/aromatic N) is 1. The second-order valence-corrected chi connectivity index (χ2v) is 8.02. The van der Waals surface area contributed by atoms with Crippen molar-refractivity contribution >= 4 is 15.7 Å². The van der Waals surface area contributed by atoms with Crippen LogP contribution >= 0.6 is 0 Å². The fourth-order valence-electron chi connectivity index (χ4n) is 2.86. The zero-order valence-electron chi connectivity index (χ0n) is 13.2. The van der Waals surface area contributed by atoms with E-state index in [0.717, 1.165) is 32.5 Å². The van der Waals surface area contributed by atoms with Crippen LogP contribution in [0.1, 0.15) is 30.1 Å². The molecule has 22 heavy (non-hydrogen) atoms. The van der Waals surface area contributed by atoms with Crippen LogP contribution < -0.4 is 5.32 Å². The average Bonchev–Trinajstić information content (AvgIpc) is 2.55. The molecule has 1 saturated heterocycles. The second-order valence-electron chi connectivity index (χ2n) is 5.74. The lowest BCUT2D eigenvalue weighted by Crippen LogP contribution is -2.42. The lowest BCUT2D eigenvalue weighted by atomic mass is 9.97. The van der Waals surface area contributed by atoms with Crippen LogP contribution in [0.25, 0.3) is 0 Å². The summed E-state index contributed by atoms with van der Waals surface area (Å²) in [5.74, 6) is 0.543. The summed E-state index contributed by atoms with van der Waals surface area (Å²) < 4.78 is 23.6. The minimum Gasteiger partial charge on any atom is -0.338 e. The number of piperidine rings is 1. The molecular formula is C16H24N2O3S. The average molecular weight is 324 g/mol. The molecule has 1 fully saturated rings. The van der Waals surface area contributed by atoms with Gasteiger partial charge in [0.25, 0.3) is 5.91 Å². The molecule has 122 valence electrons. The molecule has 1 aliphatic rings. The van der Waals surface area contributed by atoms with E-state index in [1.54, 1.807) is 19.1 Å². The maximum Gasteiger partial charge on any atom is 0.253 e. The van der Waals surface area contributed by atoms with E-state index in [0.29, 0.717) is 11.5 Å². The number of benzene rings is 1. The summed E-state index contributed by atoms with van der Waals surface area (Å²) in [7, 11) is -1.29. The molecule has 0 unspecified atom stereocenters. The van der Waals surface area contributed by atoms with E-state index in [2.05, 4.69) is 5.32 Å². The van der Waals surface area contributed by atoms with Crippen LogP contribution in [0.4, 0.5) is 0 Å². The van der Waals surface area contributed by atoms with Crippen LogP contribution in [0.15, 0.2) is 29.2 Å². The number of likely N-dealkylation sites (tertiary alicyclic amines) is 1. The SMILES string of the molecule is CCS(=O)(=O)c1ccc(C(=O)N2CCC[C@H](CNC)C2)cc1. The molecule has 1 aliphatic heterocycles. The Balaban J connectivity index is 2.09. The van der Waals surface area contributed by atoms with Crippen LogP contribution in [-0.2, 0) is 9.84 Å². The lowest BCUT2D eigenvalue weighted by molar-refractivity contribution is 0.0674. The first-order chi connectivity index (χ1) is 10.5. The predicted octanol–water partition coefficient (Wildman–Crippen LogP) is 1.55. The van der Waals surface area contributed by atoms with Gasteiger partial charge >= 0.3 is 0 Å². The Bertz CT molecular complexity index is 609. The highest BCUT2D eigenvalue weighted by molar-refractivity contribution is 7.91. The maximum atomic E-state index is 12.5. The van der Waals surface area contributed by atoms with Crippen molar-refractivity contribution in [3.05, 3.63) is 29.8 Å². The first kappa shape index (κ1) is 17.0. The number of carbonyl (C=O) groups is 1. The number of sulfone groups is 1. The zero-order chi connectivity index (χ0) is 16.2. The van der Waals surface area contributed by atoms with Gasteiger partial charge in [0.1, 0.15) is 0 Å².